The van der Waals surface area contributed by atoms with Gasteiger partial charge < -0.3 is 10.1 Å². The molecule has 0 bridgehead atoms. The zero-order valence-electron chi connectivity index (χ0n) is 10.8. The van der Waals surface area contributed by atoms with Crippen LogP contribution in [0.3, 0.4) is 0 Å². The predicted molar refractivity (Wildman–Crippen MR) is 77.4 cm³/mol. The Bertz CT molecular complexity index is 467. The van der Waals surface area contributed by atoms with Gasteiger partial charge in [-0.1, -0.05) is 25.1 Å². The van der Waals surface area contributed by atoms with Gasteiger partial charge in [-0.25, -0.2) is 0 Å². The van der Waals surface area contributed by atoms with Gasteiger partial charge in [-0.15, -0.1) is 0 Å². The number of para-hydroxylation sites is 1. The zero-order chi connectivity index (χ0) is 12.8. The molecule has 2 rings (SSSR count). The number of nitrogens with one attached hydrogen (secondary N) is 1. The standard InChI is InChI=1S/C15H19NOS/c1-3-16-15(12-9-10-18-11-12)13-7-5-6-8-14(13)17-4-2/h5-11,15-16H,3-4H2,1-2H3. The van der Waals surface area contributed by atoms with Crippen molar-refractivity contribution in [3.63, 3.8) is 0 Å². The number of hydrogen-bond donors (Lipinski definition) is 1. The molecule has 2 aromatic rings. The molecule has 0 aliphatic heterocycles. The van der Waals surface area contributed by atoms with Crippen molar-refractivity contribution in [1.82, 2.24) is 5.32 Å². The van der Waals surface area contributed by atoms with E-state index in [0.717, 1.165) is 12.3 Å². The quantitative estimate of drug-likeness (QED) is 0.853. The van der Waals surface area contributed by atoms with Crippen molar-refractivity contribution in [2.75, 3.05) is 13.2 Å². The molecule has 1 heterocycles. The van der Waals surface area contributed by atoms with Crippen molar-refractivity contribution in [3.05, 3.63) is 52.2 Å². The van der Waals surface area contributed by atoms with Crippen LogP contribution < -0.4 is 10.1 Å². The third-order valence-corrected chi connectivity index (χ3v) is 3.52. The first-order chi connectivity index (χ1) is 8.86. The number of rotatable bonds is 6. The Morgan fingerprint density at radius 2 is 2.06 bits per heavy atom. The molecule has 2 nitrogen and oxygen atoms in total. The molecule has 0 fully saturated rings. The van der Waals surface area contributed by atoms with E-state index < -0.39 is 0 Å². The van der Waals surface area contributed by atoms with Crippen molar-refractivity contribution in [1.29, 1.82) is 0 Å². The highest BCUT2D eigenvalue weighted by atomic mass is 32.1. The number of ether oxygens (including phenoxy) is 1. The summed E-state index contributed by atoms with van der Waals surface area (Å²) in [6.45, 7) is 5.77. The van der Waals surface area contributed by atoms with E-state index in [-0.39, 0.29) is 6.04 Å². The lowest BCUT2D eigenvalue weighted by atomic mass is 10.0. The highest BCUT2D eigenvalue weighted by Crippen LogP contribution is 2.31. The predicted octanol–water partition coefficient (Wildman–Crippen LogP) is 3.85. The summed E-state index contributed by atoms with van der Waals surface area (Å²) in [6, 6.07) is 10.6. The summed E-state index contributed by atoms with van der Waals surface area (Å²) in [7, 11) is 0. The Morgan fingerprint density at radius 1 is 1.22 bits per heavy atom. The first-order valence-electron chi connectivity index (χ1n) is 6.34. The van der Waals surface area contributed by atoms with Crippen LogP contribution in [0.15, 0.2) is 41.1 Å². The molecule has 1 N–H and O–H groups in total. The summed E-state index contributed by atoms with van der Waals surface area (Å²) < 4.78 is 5.73. The molecule has 0 spiro atoms. The van der Waals surface area contributed by atoms with Crippen LogP contribution in [0.5, 0.6) is 5.75 Å². The van der Waals surface area contributed by atoms with Crippen LogP contribution in [0.4, 0.5) is 0 Å². The molecule has 0 saturated carbocycles. The maximum Gasteiger partial charge on any atom is 0.124 e. The molecule has 1 atom stereocenters. The second-order valence-corrected chi connectivity index (χ2v) is 4.80. The fourth-order valence-electron chi connectivity index (χ4n) is 2.06. The minimum Gasteiger partial charge on any atom is -0.494 e. The molecule has 3 heteroatoms. The molecule has 96 valence electrons. The molecule has 1 unspecified atom stereocenters. The molecule has 0 aliphatic rings. The van der Waals surface area contributed by atoms with E-state index in [0.29, 0.717) is 6.61 Å². The summed E-state index contributed by atoms with van der Waals surface area (Å²) in [5, 5.41) is 7.83. The molecule has 18 heavy (non-hydrogen) atoms. The lowest BCUT2D eigenvalue weighted by Crippen LogP contribution is -2.22. The van der Waals surface area contributed by atoms with Gasteiger partial charge in [-0.2, -0.15) is 11.3 Å². The highest BCUT2D eigenvalue weighted by Gasteiger charge is 2.17. The average molecular weight is 261 g/mol. The van der Waals surface area contributed by atoms with Crippen molar-refractivity contribution >= 4 is 11.3 Å². The normalized spacial score (nSPS) is 12.3. The molecular formula is C15H19NOS. The van der Waals surface area contributed by atoms with Gasteiger partial charge in [0.15, 0.2) is 0 Å². The molecule has 0 radical (unpaired) electrons. The fraction of sp³-hybridized carbons (Fsp3) is 0.333. The van der Waals surface area contributed by atoms with Gasteiger partial charge in [0.1, 0.15) is 5.75 Å². The Kier molecular flexibility index (Phi) is 4.79. The van der Waals surface area contributed by atoms with Gasteiger partial charge >= 0.3 is 0 Å². The summed E-state index contributed by atoms with van der Waals surface area (Å²) in [6.07, 6.45) is 0. The van der Waals surface area contributed by atoms with E-state index in [9.17, 15) is 0 Å². The van der Waals surface area contributed by atoms with Gasteiger partial charge in [0, 0.05) is 5.56 Å². The topological polar surface area (TPSA) is 21.3 Å². The minimum atomic E-state index is 0.212. The largest absolute Gasteiger partial charge is 0.494 e. The maximum absolute atomic E-state index is 5.73. The molecule has 1 aromatic heterocycles. The van der Waals surface area contributed by atoms with E-state index in [1.54, 1.807) is 11.3 Å². The third-order valence-electron chi connectivity index (χ3n) is 2.81. The lowest BCUT2D eigenvalue weighted by molar-refractivity contribution is 0.333. The summed E-state index contributed by atoms with van der Waals surface area (Å²) in [5.74, 6) is 0.970. The summed E-state index contributed by atoms with van der Waals surface area (Å²) >= 11 is 1.73. The van der Waals surface area contributed by atoms with Gasteiger partial charge in [-0.3, -0.25) is 0 Å². The van der Waals surface area contributed by atoms with Crippen LogP contribution in [0.25, 0.3) is 0 Å². The van der Waals surface area contributed by atoms with Crippen molar-refractivity contribution in [2.24, 2.45) is 0 Å². The molecule has 0 amide bonds. The summed E-state index contributed by atoms with van der Waals surface area (Å²) in [5.41, 5.74) is 2.51. The van der Waals surface area contributed by atoms with Gasteiger partial charge in [-0.05, 0) is 41.9 Å². The van der Waals surface area contributed by atoms with Crippen LogP contribution in [0.2, 0.25) is 0 Å². The Morgan fingerprint density at radius 3 is 2.72 bits per heavy atom. The van der Waals surface area contributed by atoms with Crippen molar-refractivity contribution < 1.29 is 4.74 Å². The maximum atomic E-state index is 5.73. The van der Waals surface area contributed by atoms with E-state index in [1.165, 1.54) is 11.1 Å². The van der Waals surface area contributed by atoms with E-state index in [2.05, 4.69) is 41.2 Å². The fourth-order valence-corrected chi connectivity index (χ4v) is 2.74. The first-order valence-corrected chi connectivity index (χ1v) is 7.28. The van der Waals surface area contributed by atoms with Crippen molar-refractivity contribution in [3.8, 4) is 5.75 Å². The Labute approximate surface area is 113 Å². The van der Waals surface area contributed by atoms with Crippen LogP contribution in [0, 0.1) is 0 Å². The SMILES string of the molecule is CCNC(c1ccsc1)c1ccccc1OCC. The van der Waals surface area contributed by atoms with Crippen LogP contribution in [-0.4, -0.2) is 13.2 Å². The Hall–Kier alpha value is -1.32. The van der Waals surface area contributed by atoms with Gasteiger partial charge in [0.05, 0.1) is 12.6 Å². The molecule has 0 saturated heterocycles. The monoisotopic (exact) mass is 261 g/mol. The highest BCUT2D eigenvalue weighted by molar-refractivity contribution is 7.08. The van der Waals surface area contributed by atoms with Gasteiger partial charge in [0.25, 0.3) is 0 Å². The smallest absolute Gasteiger partial charge is 0.124 e. The van der Waals surface area contributed by atoms with Crippen LogP contribution in [-0.2, 0) is 0 Å². The second kappa shape index (κ2) is 6.57. The lowest BCUT2D eigenvalue weighted by Gasteiger charge is -2.20. The minimum absolute atomic E-state index is 0.212. The zero-order valence-corrected chi connectivity index (χ0v) is 11.7. The van der Waals surface area contributed by atoms with E-state index in [1.807, 2.05) is 19.1 Å². The summed E-state index contributed by atoms with van der Waals surface area (Å²) in [4.78, 5) is 0. The van der Waals surface area contributed by atoms with E-state index >= 15 is 0 Å². The van der Waals surface area contributed by atoms with Gasteiger partial charge in [0.2, 0.25) is 0 Å². The Balaban J connectivity index is 2.36. The third kappa shape index (κ3) is 2.92. The number of hydrogen-bond acceptors (Lipinski definition) is 3. The molecule has 1 aromatic carbocycles. The van der Waals surface area contributed by atoms with Crippen LogP contribution in [0.1, 0.15) is 31.0 Å². The van der Waals surface area contributed by atoms with E-state index in [4.69, 9.17) is 4.74 Å². The number of benzene rings is 1. The number of thiophene rings is 1. The first kappa shape index (κ1) is 13.1. The molecule has 0 aliphatic carbocycles. The molecular weight excluding hydrogens is 242 g/mol. The van der Waals surface area contributed by atoms with Crippen molar-refractivity contribution in [2.45, 2.75) is 19.9 Å². The van der Waals surface area contributed by atoms with Crippen LogP contribution >= 0.6 is 11.3 Å². The second-order valence-electron chi connectivity index (χ2n) is 4.02. The average Bonchev–Trinajstić information content (AvgIpc) is 2.91.